The Morgan fingerprint density at radius 3 is 2.70 bits per heavy atom. The SMILES string of the molecule is O=[N+]([O-])c1nc[nH]c1/C=C/c1ccc2ccccc2c1. The van der Waals surface area contributed by atoms with Crippen LogP contribution in [0.25, 0.3) is 22.9 Å². The molecule has 0 bridgehead atoms. The Labute approximate surface area is 114 Å². The van der Waals surface area contributed by atoms with Crippen molar-refractivity contribution in [2.45, 2.75) is 0 Å². The van der Waals surface area contributed by atoms with Crippen molar-refractivity contribution in [2.75, 3.05) is 0 Å². The maximum absolute atomic E-state index is 10.8. The van der Waals surface area contributed by atoms with Crippen LogP contribution in [0.3, 0.4) is 0 Å². The van der Waals surface area contributed by atoms with Crippen LogP contribution in [0.2, 0.25) is 0 Å². The predicted molar refractivity (Wildman–Crippen MR) is 78.1 cm³/mol. The average Bonchev–Trinajstić information content (AvgIpc) is 2.93. The zero-order chi connectivity index (χ0) is 13.9. The molecular formula is C15H11N3O2. The van der Waals surface area contributed by atoms with Gasteiger partial charge in [0, 0.05) is 0 Å². The number of imidazole rings is 1. The Balaban J connectivity index is 1.94. The van der Waals surface area contributed by atoms with E-state index in [1.165, 1.54) is 6.33 Å². The molecule has 0 saturated heterocycles. The molecule has 0 aliphatic heterocycles. The van der Waals surface area contributed by atoms with Gasteiger partial charge in [-0.05, 0) is 38.4 Å². The molecule has 5 nitrogen and oxygen atoms in total. The topological polar surface area (TPSA) is 71.8 Å². The molecule has 20 heavy (non-hydrogen) atoms. The summed E-state index contributed by atoms with van der Waals surface area (Å²) in [6, 6.07) is 14.1. The quantitative estimate of drug-likeness (QED) is 0.580. The lowest BCUT2D eigenvalue weighted by atomic mass is 10.1. The third-order valence-corrected chi connectivity index (χ3v) is 3.04. The minimum absolute atomic E-state index is 0.165. The van der Waals surface area contributed by atoms with Crippen LogP contribution in [0.5, 0.6) is 0 Å². The van der Waals surface area contributed by atoms with Crippen LogP contribution in [0, 0.1) is 10.1 Å². The van der Waals surface area contributed by atoms with Crippen LogP contribution in [0.4, 0.5) is 5.82 Å². The van der Waals surface area contributed by atoms with Crippen molar-refractivity contribution < 1.29 is 4.92 Å². The van der Waals surface area contributed by atoms with Crippen molar-refractivity contribution in [3.05, 3.63) is 70.2 Å². The van der Waals surface area contributed by atoms with Gasteiger partial charge in [0.2, 0.25) is 6.33 Å². The molecule has 0 fully saturated rings. The van der Waals surface area contributed by atoms with Gasteiger partial charge in [-0.2, -0.15) is 0 Å². The van der Waals surface area contributed by atoms with Gasteiger partial charge in [-0.25, -0.2) is 0 Å². The van der Waals surface area contributed by atoms with Crippen molar-refractivity contribution in [3.8, 4) is 0 Å². The molecule has 3 rings (SSSR count). The van der Waals surface area contributed by atoms with Crippen LogP contribution in [-0.2, 0) is 0 Å². The summed E-state index contributed by atoms with van der Waals surface area (Å²) in [4.78, 5) is 16.7. The van der Waals surface area contributed by atoms with E-state index in [1.807, 2.05) is 48.5 Å². The monoisotopic (exact) mass is 265 g/mol. The molecule has 3 aromatic rings. The van der Waals surface area contributed by atoms with Crippen molar-refractivity contribution in [3.63, 3.8) is 0 Å². The average molecular weight is 265 g/mol. The summed E-state index contributed by atoms with van der Waals surface area (Å²) >= 11 is 0. The molecule has 2 aromatic carbocycles. The largest absolute Gasteiger partial charge is 0.388 e. The van der Waals surface area contributed by atoms with E-state index in [2.05, 4.69) is 9.97 Å². The van der Waals surface area contributed by atoms with Gasteiger partial charge in [-0.3, -0.25) is 0 Å². The van der Waals surface area contributed by atoms with E-state index >= 15 is 0 Å². The molecule has 0 amide bonds. The third kappa shape index (κ3) is 2.29. The Morgan fingerprint density at radius 1 is 1.10 bits per heavy atom. The highest BCUT2D eigenvalue weighted by Gasteiger charge is 2.13. The number of benzene rings is 2. The molecule has 1 aromatic heterocycles. The van der Waals surface area contributed by atoms with Gasteiger partial charge in [0.05, 0.1) is 0 Å². The number of fused-ring (bicyclic) bond motifs is 1. The zero-order valence-corrected chi connectivity index (χ0v) is 10.5. The van der Waals surface area contributed by atoms with Gasteiger partial charge in [0.25, 0.3) is 0 Å². The predicted octanol–water partition coefficient (Wildman–Crippen LogP) is 3.64. The molecule has 0 aliphatic rings. The highest BCUT2D eigenvalue weighted by molar-refractivity contribution is 5.86. The fourth-order valence-electron chi connectivity index (χ4n) is 2.06. The number of hydrogen-bond donors (Lipinski definition) is 1. The minimum atomic E-state index is -0.503. The first-order valence-electron chi connectivity index (χ1n) is 6.09. The normalized spacial score (nSPS) is 11.2. The molecule has 0 spiro atoms. The summed E-state index contributed by atoms with van der Waals surface area (Å²) in [5.74, 6) is -0.165. The van der Waals surface area contributed by atoms with Crippen LogP contribution >= 0.6 is 0 Å². The van der Waals surface area contributed by atoms with E-state index in [0.717, 1.165) is 16.3 Å². The molecule has 5 heteroatoms. The first-order chi connectivity index (χ1) is 9.74. The number of hydrogen-bond acceptors (Lipinski definition) is 3. The van der Waals surface area contributed by atoms with Crippen LogP contribution < -0.4 is 0 Å². The fraction of sp³-hybridized carbons (Fsp3) is 0. The number of nitrogens with one attached hydrogen (secondary N) is 1. The molecule has 1 heterocycles. The molecule has 0 atom stereocenters. The molecule has 98 valence electrons. The summed E-state index contributed by atoms with van der Waals surface area (Å²) < 4.78 is 0. The van der Waals surface area contributed by atoms with Crippen molar-refractivity contribution in [1.82, 2.24) is 9.97 Å². The second-order valence-electron chi connectivity index (χ2n) is 4.34. The molecule has 0 saturated carbocycles. The highest BCUT2D eigenvalue weighted by atomic mass is 16.6. The van der Waals surface area contributed by atoms with Crippen molar-refractivity contribution in [1.29, 1.82) is 0 Å². The standard InChI is InChI=1S/C15H11N3O2/c19-18(20)15-14(16-10-17-15)8-6-11-5-7-12-3-1-2-4-13(12)9-11/h1-10H,(H,16,17)/b8-6+. The van der Waals surface area contributed by atoms with E-state index < -0.39 is 4.92 Å². The van der Waals surface area contributed by atoms with Gasteiger partial charge in [0.1, 0.15) is 5.69 Å². The van der Waals surface area contributed by atoms with Crippen LogP contribution in [0.15, 0.2) is 48.8 Å². The maximum atomic E-state index is 10.8. The number of H-pyrrole nitrogens is 1. The van der Waals surface area contributed by atoms with Gasteiger partial charge in [0.15, 0.2) is 0 Å². The summed E-state index contributed by atoms with van der Waals surface area (Å²) in [6.07, 6.45) is 4.81. The number of nitro groups is 1. The second kappa shape index (κ2) is 4.97. The molecule has 0 aliphatic carbocycles. The third-order valence-electron chi connectivity index (χ3n) is 3.04. The van der Waals surface area contributed by atoms with Gasteiger partial charge < -0.3 is 15.1 Å². The number of aromatic amines is 1. The Kier molecular flexibility index (Phi) is 3.01. The smallest absolute Gasteiger partial charge is 0.358 e. The molecule has 0 unspecified atom stereocenters. The fourth-order valence-corrected chi connectivity index (χ4v) is 2.06. The molecule has 0 radical (unpaired) electrons. The van der Waals surface area contributed by atoms with E-state index in [1.54, 1.807) is 6.08 Å². The minimum Gasteiger partial charge on any atom is -0.358 e. The summed E-state index contributed by atoms with van der Waals surface area (Å²) in [5.41, 5.74) is 1.37. The lowest BCUT2D eigenvalue weighted by molar-refractivity contribution is -0.389. The first kappa shape index (κ1) is 12.1. The van der Waals surface area contributed by atoms with Gasteiger partial charge in [-0.15, -0.1) is 0 Å². The second-order valence-corrected chi connectivity index (χ2v) is 4.34. The lowest BCUT2D eigenvalue weighted by Crippen LogP contribution is -1.89. The van der Waals surface area contributed by atoms with Crippen LogP contribution in [-0.4, -0.2) is 14.9 Å². The van der Waals surface area contributed by atoms with E-state index in [-0.39, 0.29) is 5.82 Å². The number of nitrogens with zero attached hydrogens (tertiary/aromatic N) is 2. The number of aromatic nitrogens is 2. The summed E-state index contributed by atoms with van der Waals surface area (Å²) in [5, 5.41) is 13.1. The Morgan fingerprint density at radius 2 is 1.90 bits per heavy atom. The first-order valence-corrected chi connectivity index (χ1v) is 6.09. The molecule has 1 N–H and O–H groups in total. The lowest BCUT2D eigenvalue weighted by Gasteiger charge is -1.98. The van der Waals surface area contributed by atoms with E-state index in [0.29, 0.717) is 5.69 Å². The summed E-state index contributed by atoms with van der Waals surface area (Å²) in [6.45, 7) is 0. The zero-order valence-electron chi connectivity index (χ0n) is 10.5. The van der Waals surface area contributed by atoms with Crippen molar-refractivity contribution in [2.24, 2.45) is 0 Å². The van der Waals surface area contributed by atoms with Gasteiger partial charge in [-0.1, -0.05) is 42.5 Å². The van der Waals surface area contributed by atoms with Gasteiger partial charge >= 0.3 is 5.82 Å². The molecular weight excluding hydrogens is 254 g/mol. The van der Waals surface area contributed by atoms with E-state index in [9.17, 15) is 10.1 Å². The van der Waals surface area contributed by atoms with Crippen molar-refractivity contribution >= 4 is 28.7 Å². The number of rotatable bonds is 3. The maximum Gasteiger partial charge on any atom is 0.388 e. The Bertz CT molecular complexity index is 805. The van der Waals surface area contributed by atoms with E-state index in [4.69, 9.17) is 0 Å². The Hall–Kier alpha value is -2.95. The van der Waals surface area contributed by atoms with Crippen LogP contribution in [0.1, 0.15) is 11.3 Å². The summed E-state index contributed by atoms with van der Waals surface area (Å²) in [7, 11) is 0. The highest BCUT2D eigenvalue weighted by Crippen LogP contribution is 2.19.